The minimum atomic E-state index is -3.76. The molecule has 0 aliphatic rings. The predicted octanol–water partition coefficient (Wildman–Crippen LogP) is 2.70. The van der Waals surface area contributed by atoms with Crippen molar-refractivity contribution in [1.82, 2.24) is 10.2 Å². The number of hydrogen-bond donors (Lipinski definition) is 1. The van der Waals surface area contributed by atoms with Gasteiger partial charge in [-0.25, -0.2) is 8.42 Å². The van der Waals surface area contributed by atoms with Crippen molar-refractivity contribution in [2.45, 2.75) is 26.4 Å². The van der Waals surface area contributed by atoms with Gasteiger partial charge in [0.1, 0.15) is 18.3 Å². The maximum atomic E-state index is 13.3. The Balaban J connectivity index is 2.41. The Morgan fingerprint density at radius 2 is 1.88 bits per heavy atom. The fourth-order valence-corrected chi connectivity index (χ4v) is 4.24. The largest absolute Gasteiger partial charge is 0.497 e. The Bertz CT molecular complexity index is 1090. The van der Waals surface area contributed by atoms with Gasteiger partial charge in [-0.2, -0.15) is 0 Å². The minimum absolute atomic E-state index is 0.113. The normalized spacial score (nSPS) is 12.1. The van der Waals surface area contributed by atoms with Crippen molar-refractivity contribution in [2.24, 2.45) is 0 Å². The van der Waals surface area contributed by atoms with Crippen molar-refractivity contribution in [3.05, 3.63) is 58.1 Å². The lowest BCUT2D eigenvalue weighted by molar-refractivity contribution is -0.139. The molecule has 2 aromatic carbocycles. The molecule has 10 heteroatoms. The summed E-state index contributed by atoms with van der Waals surface area (Å²) in [7, 11) is -0.734. The van der Waals surface area contributed by atoms with Gasteiger partial charge >= 0.3 is 0 Å². The van der Waals surface area contributed by atoms with E-state index < -0.39 is 28.5 Å². The SMILES string of the molecule is CNC(=O)[C@@H](C)N(Cc1cccc(OC)c1)C(=O)CN(c1ccc(Br)c(C)c1)S(C)(=O)=O. The molecule has 0 aromatic heterocycles. The number of methoxy groups -OCH3 is 1. The van der Waals surface area contributed by atoms with Gasteiger partial charge in [0.2, 0.25) is 21.8 Å². The second-order valence-electron chi connectivity index (χ2n) is 7.37. The molecule has 0 saturated carbocycles. The van der Waals surface area contributed by atoms with Gasteiger partial charge in [0.15, 0.2) is 0 Å². The van der Waals surface area contributed by atoms with Crippen LogP contribution < -0.4 is 14.4 Å². The monoisotopic (exact) mass is 525 g/mol. The van der Waals surface area contributed by atoms with E-state index in [1.165, 1.54) is 11.9 Å². The molecule has 2 amide bonds. The van der Waals surface area contributed by atoms with Gasteiger partial charge in [-0.15, -0.1) is 0 Å². The van der Waals surface area contributed by atoms with E-state index in [0.717, 1.165) is 26.2 Å². The van der Waals surface area contributed by atoms with Crippen LogP contribution in [-0.2, 0) is 26.2 Å². The zero-order chi connectivity index (χ0) is 24.1. The van der Waals surface area contributed by atoms with Crippen molar-refractivity contribution in [1.29, 1.82) is 0 Å². The van der Waals surface area contributed by atoms with Crippen LogP contribution in [0.3, 0.4) is 0 Å². The maximum absolute atomic E-state index is 13.3. The molecular formula is C22H28BrN3O5S. The number of likely N-dealkylation sites (N-methyl/N-ethyl adjacent to an activating group) is 1. The van der Waals surface area contributed by atoms with E-state index in [1.54, 1.807) is 50.4 Å². The average Bonchev–Trinajstić information content (AvgIpc) is 2.75. The zero-order valence-electron chi connectivity index (χ0n) is 18.8. The van der Waals surface area contributed by atoms with Gasteiger partial charge < -0.3 is 15.0 Å². The van der Waals surface area contributed by atoms with Gasteiger partial charge in [0, 0.05) is 18.1 Å². The first-order chi connectivity index (χ1) is 15.0. The van der Waals surface area contributed by atoms with E-state index in [0.29, 0.717) is 11.4 Å². The summed E-state index contributed by atoms with van der Waals surface area (Å²) in [6.07, 6.45) is 1.05. The molecule has 1 atom stereocenters. The lowest BCUT2D eigenvalue weighted by Gasteiger charge is -2.31. The highest BCUT2D eigenvalue weighted by Crippen LogP contribution is 2.25. The molecule has 0 aliphatic carbocycles. The molecule has 2 rings (SSSR count). The molecule has 2 aromatic rings. The molecule has 0 unspecified atom stereocenters. The van der Waals surface area contributed by atoms with Crippen LogP contribution in [0.15, 0.2) is 46.9 Å². The maximum Gasteiger partial charge on any atom is 0.244 e. The first-order valence-corrected chi connectivity index (χ1v) is 12.5. The lowest BCUT2D eigenvalue weighted by atomic mass is 10.1. The first-order valence-electron chi connectivity index (χ1n) is 9.85. The Labute approximate surface area is 197 Å². The van der Waals surface area contributed by atoms with Crippen LogP contribution in [0.5, 0.6) is 5.75 Å². The number of halogens is 1. The number of carbonyl (C=O) groups is 2. The van der Waals surface area contributed by atoms with E-state index in [4.69, 9.17) is 4.74 Å². The summed E-state index contributed by atoms with van der Waals surface area (Å²) < 4.78 is 32.2. The quantitative estimate of drug-likeness (QED) is 0.542. The molecule has 0 bridgehead atoms. The van der Waals surface area contributed by atoms with E-state index in [-0.39, 0.29) is 12.5 Å². The number of benzene rings is 2. The molecule has 0 saturated heterocycles. The highest BCUT2D eigenvalue weighted by atomic mass is 79.9. The summed E-state index contributed by atoms with van der Waals surface area (Å²) >= 11 is 3.40. The zero-order valence-corrected chi connectivity index (χ0v) is 21.2. The van der Waals surface area contributed by atoms with E-state index in [1.807, 2.05) is 13.0 Å². The highest BCUT2D eigenvalue weighted by molar-refractivity contribution is 9.10. The third-order valence-corrected chi connectivity index (χ3v) is 7.04. The molecule has 0 heterocycles. The number of aryl methyl sites for hydroxylation is 1. The topological polar surface area (TPSA) is 96.0 Å². The Hall–Kier alpha value is -2.59. The van der Waals surface area contributed by atoms with Crippen molar-refractivity contribution >= 4 is 43.5 Å². The number of carbonyl (C=O) groups excluding carboxylic acids is 2. The number of rotatable bonds is 9. The van der Waals surface area contributed by atoms with Crippen LogP contribution in [0.2, 0.25) is 0 Å². The number of nitrogens with zero attached hydrogens (tertiary/aromatic N) is 2. The number of amides is 2. The second kappa shape index (κ2) is 10.8. The van der Waals surface area contributed by atoms with Crippen LogP contribution in [0.1, 0.15) is 18.1 Å². The molecule has 174 valence electrons. The summed E-state index contributed by atoms with van der Waals surface area (Å²) in [5.41, 5.74) is 1.95. The summed E-state index contributed by atoms with van der Waals surface area (Å²) in [6.45, 7) is 3.11. The van der Waals surface area contributed by atoms with Crippen molar-refractivity contribution in [3.8, 4) is 5.75 Å². The molecule has 0 radical (unpaired) electrons. The summed E-state index contributed by atoms with van der Waals surface area (Å²) in [6, 6.07) is 11.4. The first kappa shape index (κ1) is 25.7. The summed E-state index contributed by atoms with van der Waals surface area (Å²) in [5.74, 6) is -0.243. The molecule has 0 fully saturated rings. The average molecular weight is 526 g/mol. The molecule has 8 nitrogen and oxygen atoms in total. The molecule has 0 aliphatic heterocycles. The minimum Gasteiger partial charge on any atom is -0.497 e. The standard InChI is InChI=1S/C22H28BrN3O5S/c1-15-11-18(9-10-20(15)23)26(32(5,29)30)14-21(27)25(16(2)22(28)24-3)13-17-7-6-8-19(12-17)31-4/h6-12,16H,13-14H2,1-5H3,(H,24,28)/t16-/m1/s1. The number of nitrogens with one attached hydrogen (secondary N) is 1. The molecule has 1 N–H and O–H groups in total. The Morgan fingerprint density at radius 3 is 2.44 bits per heavy atom. The number of ether oxygens (including phenoxy) is 1. The third kappa shape index (κ3) is 6.46. The van der Waals surface area contributed by atoms with Gasteiger partial charge in [-0.05, 0) is 55.3 Å². The highest BCUT2D eigenvalue weighted by Gasteiger charge is 2.29. The fourth-order valence-electron chi connectivity index (χ4n) is 3.16. The van der Waals surface area contributed by atoms with Crippen LogP contribution in [-0.4, -0.2) is 58.1 Å². The molecule has 0 spiro atoms. The number of anilines is 1. The van der Waals surface area contributed by atoms with Crippen LogP contribution in [0.25, 0.3) is 0 Å². The van der Waals surface area contributed by atoms with Gasteiger partial charge in [0.05, 0.1) is 19.1 Å². The van der Waals surface area contributed by atoms with Crippen molar-refractivity contribution in [3.63, 3.8) is 0 Å². The molecular weight excluding hydrogens is 498 g/mol. The Kier molecular flexibility index (Phi) is 8.68. The smallest absolute Gasteiger partial charge is 0.244 e. The van der Waals surface area contributed by atoms with Gasteiger partial charge in [0.25, 0.3) is 0 Å². The third-order valence-electron chi connectivity index (χ3n) is 5.01. The van der Waals surface area contributed by atoms with E-state index in [9.17, 15) is 18.0 Å². The lowest BCUT2D eigenvalue weighted by Crippen LogP contribution is -2.50. The second-order valence-corrected chi connectivity index (χ2v) is 10.1. The van der Waals surface area contributed by atoms with Gasteiger partial charge in [-0.1, -0.05) is 28.1 Å². The van der Waals surface area contributed by atoms with Crippen LogP contribution in [0, 0.1) is 6.92 Å². The summed E-state index contributed by atoms with van der Waals surface area (Å²) in [4.78, 5) is 27.0. The Morgan fingerprint density at radius 1 is 1.19 bits per heavy atom. The van der Waals surface area contributed by atoms with Gasteiger partial charge in [-0.3, -0.25) is 13.9 Å². The molecule has 32 heavy (non-hydrogen) atoms. The van der Waals surface area contributed by atoms with E-state index >= 15 is 0 Å². The fraction of sp³-hybridized carbons (Fsp3) is 0.364. The predicted molar refractivity (Wildman–Crippen MR) is 128 cm³/mol. The summed E-state index contributed by atoms with van der Waals surface area (Å²) in [5, 5.41) is 2.54. The van der Waals surface area contributed by atoms with E-state index in [2.05, 4.69) is 21.2 Å². The number of sulfonamides is 1. The van der Waals surface area contributed by atoms with Crippen LogP contribution >= 0.6 is 15.9 Å². The number of hydrogen-bond acceptors (Lipinski definition) is 5. The van der Waals surface area contributed by atoms with Crippen LogP contribution in [0.4, 0.5) is 5.69 Å². The van der Waals surface area contributed by atoms with Crippen molar-refractivity contribution < 1.29 is 22.7 Å². The van der Waals surface area contributed by atoms with Crippen molar-refractivity contribution in [2.75, 3.05) is 31.3 Å².